The second kappa shape index (κ2) is 10.7. The average Bonchev–Trinajstić information content (AvgIpc) is 3.02. The van der Waals surface area contributed by atoms with Gasteiger partial charge in [-0.3, -0.25) is 15.1 Å². The van der Waals surface area contributed by atoms with Crippen LogP contribution in [-0.2, 0) is 13.1 Å². The molecule has 0 amide bonds. The van der Waals surface area contributed by atoms with Gasteiger partial charge in [0.1, 0.15) is 5.82 Å². The van der Waals surface area contributed by atoms with Crippen LogP contribution >= 0.6 is 24.0 Å². The standard InChI is InChI=1S/C20H24N6O2.HI/c1-15-24-18-9-3-4-10-19(18)25(15)12-6-11-22-20(21-2)23-14-16-7-5-8-17(13-16)26(27)28;/h3-5,7-10,13H,6,11-12,14H2,1-2H3,(H2,21,22,23);1H. The highest BCUT2D eigenvalue weighted by Crippen LogP contribution is 2.15. The number of nitrogens with zero attached hydrogens (tertiary/aromatic N) is 4. The number of fused-ring (bicyclic) bond motifs is 1. The zero-order valence-electron chi connectivity index (χ0n) is 16.5. The number of imidazole rings is 1. The molecule has 0 saturated heterocycles. The number of guanidine groups is 1. The second-order valence-electron chi connectivity index (χ2n) is 6.43. The topological polar surface area (TPSA) is 97.4 Å². The number of nitro groups is 1. The van der Waals surface area contributed by atoms with Crippen molar-refractivity contribution in [1.82, 2.24) is 20.2 Å². The first-order valence-corrected chi connectivity index (χ1v) is 9.18. The van der Waals surface area contributed by atoms with Crippen molar-refractivity contribution in [1.29, 1.82) is 0 Å². The summed E-state index contributed by atoms with van der Waals surface area (Å²) in [5, 5.41) is 17.3. The first kappa shape index (κ1) is 22.6. The fourth-order valence-electron chi connectivity index (χ4n) is 3.11. The molecule has 1 aromatic heterocycles. The van der Waals surface area contributed by atoms with Crippen molar-refractivity contribution >= 4 is 46.7 Å². The number of hydrogen-bond acceptors (Lipinski definition) is 4. The first-order valence-electron chi connectivity index (χ1n) is 9.18. The molecule has 3 aromatic rings. The van der Waals surface area contributed by atoms with E-state index in [2.05, 4.69) is 31.2 Å². The Morgan fingerprint density at radius 2 is 2.00 bits per heavy atom. The van der Waals surface area contributed by atoms with E-state index in [0.717, 1.165) is 41.9 Å². The molecule has 29 heavy (non-hydrogen) atoms. The minimum absolute atomic E-state index is 0. The van der Waals surface area contributed by atoms with Crippen LogP contribution in [0, 0.1) is 17.0 Å². The Balaban J connectivity index is 0.00000300. The summed E-state index contributed by atoms with van der Waals surface area (Å²) in [6, 6.07) is 14.7. The van der Waals surface area contributed by atoms with Gasteiger partial charge in [-0.05, 0) is 31.0 Å². The molecular formula is C20H25IN6O2. The van der Waals surface area contributed by atoms with Crippen molar-refractivity contribution in [2.75, 3.05) is 13.6 Å². The van der Waals surface area contributed by atoms with Crippen molar-refractivity contribution in [2.45, 2.75) is 26.4 Å². The van der Waals surface area contributed by atoms with Gasteiger partial charge in [0.05, 0.1) is 16.0 Å². The maximum absolute atomic E-state index is 10.9. The van der Waals surface area contributed by atoms with Crippen molar-refractivity contribution in [2.24, 2.45) is 4.99 Å². The Morgan fingerprint density at radius 1 is 1.21 bits per heavy atom. The maximum atomic E-state index is 10.9. The molecular weight excluding hydrogens is 483 g/mol. The first-order chi connectivity index (χ1) is 13.6. The number of para-hydroxylation sites is 2. The van der Waals surface area contributed by atoms with Crippen LogP contribution in [0.1, 0.15) is 17.8 Å². The number of nitro benzene ring substituents is 1. The monoisotopic (exact) mass is 508 g/mol. The molecule has 0 unspecified atom stereocenters. The zero-order valence-corrected chi connectivity index (χ0v) is 18.8. The lowest BCUT2D eigenvalue weighted by Crippen LogP contribution is -2.37. The van der Waals surface area contributed by atoms with Crippen LogP contribution in [0.2, 0.25) is 0 Å². The quantitative estimate of drug-likeness (QED) is 0.127. The molecule has 1 heterocycles. The Morgan fingerprint density at radius 3 is 2.76 bits per heavy atom. The predicted molar refractivity (Wildman–Crippen MR) is 126 cm³/mol. The summed E-state index contributed by atoms with van der Waals surface area (Å²) in [5.74, 6) is 1.67. The van der Waals surface area contributed by atoms with Gasteiger partial charge in [-0.25, -0.2) is 4.98 Å². The van der Waals surface area contributed by atoms with Crippen LogP contribution in [0.5, 0.6) is 0 Å². The van der Waals surface area contributed by atoms with Crippen molar-refractivity contribution < 1.29 is 4.92 Å². The summed E-state index contributed by atoms with van der Waals surface area (Å²) >= 11 is 0. The van der Waals surface area contributed by atoms with E-state index < -0.39 is 4.92 Å². The minimum atomic E-state index is -0.391. The van der Waals surface area contributed by atoms with Crippen molar-refractivity contribution in [3.05, 3.63) is 70.0 Å². The van der Waals surface area contributed by atoms with Crippen LogP contribution in [0.15, 0.2) is 53.5 Å². The van der Waals surface area contributed by atoms with Gasteiger partial charge in [-0.15, -0.1) is 24.0 Å². The third kappa shape index (κ3) is 5.89. The van der Waals surface area contributed by atoms with Gasteiger partial charge in [-0.1, -0.05) is 24.3 Å². The molecule has 0 atom stereocenters. The maximum Gasteiger partial charge on any atom is 0.269 e. The molecule has 0 aliphatic heterocycles. The molecule has 0 bridgehead atoms. The molecule has 0 aliphatic rings. The number of halogens is 1. The Kier molecular flexibility index (Phi) is 8.37. The van der Waals surface area contributed by atoms with Crippen LogP contribution in [0.4, 0.5) is 5.69 Å². The second-order valence-corrected chi connectivity index (χ2v) is 6.43. The molecule has 0 spiro atoms. The smallest absolute Gasteiger partial charge is 0.269 e. The van der Waals surface area contributed by atoms with E-state index in [-0.39, 0.29) is 29.7 Å². The van der Waals surface area contributed by atoms with Crippen LogP contribution in [0.3, 0.4) is 0 Å². The van der Waals surface area contributed by atoms with Gasteiger partial charge in [0.25, 0.3) is 5.69 Å². The Bertz CT molecular complexity index is 1000. The molecule has 0 radical (unpaired) electrons. The van der Waals surface area contributed by atoms with Crippen LogP contribution in [0.25, 0.3) is 11.0 Å². The number of benzene rings is 2. The number of aryl methyl sites for hydroxylation is 2. The van der Waals surface area contributed by atoms with E-state index in [1.165, 1.54) is 6.07 Å². The number of rotatable bonds is 7. The third-order valence-electron chi connectivity index (χ3n) is 4.50. The highest BCUT2D eigenvalue weighted by Gasteiger charge is 2.07. The highest BCUT2D eigenvalue weighted by atomic mass is 127. The molecule has 0 saturated carbocycles. The summed E-state index contributed by atoms with van der Waals surface area (Å²) in [4.78, 5) is 19.3. The van der Waals surface area contributed by atoms with Gasteiger partial charge in [0.2, 0.25) is 0 Å². The summed E-state index contributed by atoms with van der Waals surface area (Å²) in [6.45, 7) is 4.10. The molecule has 0 aliphatic carbocycles. The Hall–Kier alpha value is -2.69. The van der Waals surface area contributed by atoms with Gasteiger partial charge in [0, 0.05) is 38.8 Å². The molecule has 3 rings (SSSR count). The largest absolute Gasteiger partial charge is 0.356 e. The molecule has 0 fully saturated rings. The summed E-state index contributed by atoms with van der Waals surface area (Å²) in [7, 11) is 1.70. The number of aliphatic imine (C=N–C) groups is 1. The van der Waals surface area contributed by atoms with Gasteiger partial charge in [-0.2, -0.15) is 0 Å². The lowest BCUT2D eigenvalue weighted by molar-refractivity contribution is -0.384. The number of non-ortho nitro benzene ring substituents is 1. The molecule has 9 heteroatoms. The SMILES string of the molecule is CN=C(NCCCn1c(C)nc2ccccc21)NCc1cccc([N+](=O)[O-])c1.I. The van der Waals surface area contributed by atoms with Gasteiger partial charge >= 0.3 is 0 Å². The van der Waals surface area contributed by atoms with E-state index >= 15 is 0 Å². The fourth-order valence-corrected chi connectivity index (χ4v) is 3.11. The average molecular weight is 508 g/mol. The highest BCUT2D eigenvalue weighted by molar-refractivity contribution is 14.0. The molecule has 154 valence electrons. The molecule has 8 nitrogen and oxygen atoms in total. The number of aromatic nitrogens is 2. The van der Waals surface area contributed by atoms with E-state index in [1.807, 2.05) is 31.2 Å². The summed E-state index contributed by atoms with van der Waals surface area (Å²) in [6.07, 6.45) is 0.915. The summed E-state index contributed by atoms with van der Waals surface area (Å²) < 4.78 is 2.22. The lowest BCUT2D eigenvalue weighted by atomic mass is 10.2. The van der Waals surface area contributed by atoms with Gasteiger partial charge in [0.15, 0.2) is 5.96 Å². The van der Waals surface area contributed by atoms with E-state index in [4.69, 9.17) is 0 Å². The normalized spacial score (nSPS) is 11.2. The zero-order chi connectivity index (χ0) is 19.9. The van der Waals surface area contributed by atoms with Crippen LogP contribution < -0.4 is 10.6 Å². The fraction of sp³-hybridized carbons (Fsp3) is 0.300. The van der Waals surface area contributed by atoms with Crippen molar-refractivity contribution in [3.8, 4) is 0 Å². The minimum Gasteiger partial charge on any atom is -0.356 e. The predicted octanol–water partition coefficient (Wildman–Crippen LogP) is 3.63. The third-order valence-corrected chi connectivity index (χ3v) is 4.50. The number of nitrogens with one attached hydrogen (secondary N) is 2. The van der Waals surface area contributed by atoms with Gasteiger partial charge < -0.3 is 15.2 Å². The lowest BCUT2D eigenvalue weighted by Gasteiger charge is -2.13. The number of hydrogen-bond donors (Lipinski definition) is 2. The van der Waals surface area contributed by atoms with Crippen LogP contribution in [-0.4, -0.2) is 34.0 Å². The Labute approximate surface area is 186 Å². The molecule has 2 N–H and O–H groups in total. The summed E-state index contributed by atoms with van der Waals surface area (Å²) in [5.41, 5.74) is 3.08. The van der Waals surface area contributed by atoms with E-state index in [0.29, 0.717) is 12.5 Å². The molecule has 2 aromatic carbocycles. The van der Waals surface area contributed by atoms with Crippen molar-refractivity contribution in [3.63, 3.8) is 0 Å². The van der Waals surface area contributed by atoms with E-state index in [1.54, 1.807) is 19.2 Å². The van der Waals surface area contributed by atoms with E-state index in [9.17, 15) is 10.1 Å².